The molecule has 0 radical (unpaired) electrons. The maximum Gasteiger partial charge on any atom is 0.277 e. The Morgan fingerprint density at radius 1 is 1.17 bits per heavy atom. The Bertz CT molecular complexity index is 1000. The Morgan fingerprint density at radius 3 is 2.73 bits per heavy atom. The molecule has 1 aliphatic carbocycles. The SMILES string of the molecule is CC(C)N1CCc2nc3cc([C@@H]4CCCN(C(=O)C5CCCC5)C4)[nH]n3c(=O)c2C1. The summed E-state index contributed by atoms with van der Waals surface area (Å²) in [6.07, 6.45) is 7.34. The lowest BCUT2D eigenvalue weighted by atomic mass is 9.93. The third-order valence-corrected chi connectivity index (χ3v) is 7.42. The van der Waals surface area contributed by atoms with Gasteiger partial charge >= 0.3 is 0 Å². The number of likely N-dealkylation sites (tertiary alicyclic amines) is 1. The van der Waals surface area contributed by atoms with Gasteiger partial charge in [-0.2, -0.15) is 0 Å². The molecule has 1 saturated heterocycles. The molecule has 2 fully saturated rings. The van der Waals surface area contributed by atoms with Gasteiger partial charge in [-0.25, -0.2) is 9.50 Å². The van der Waals surface area contributed by atoms with Crippen LogP contribution in [0.3, 0.4) is 0 Å². The Labute approximate surface area is 177 Å². The van der Waals surface area contributed by atoms with Gasteiger partial charge in [0.1, 0.15) is 0 Å². The maximum atomic E-state index is 13.2. The summed E-state index contributed by atoms with van der Waals surface area (Å²) in [5, 5.41) is 3.34. The van der Waals surface area contributed by atoms with Crippen LogP contribution in [0.5, 0.6) is 0 Å². The first kappa shape index (κ1) is 19.8. The minimum atomic E-state index is 0.0290. The standard InChI is InChI=1S/C23H33N5O2/c1-15(2)26-11-9-19-18(14-26)23(30)28-21(24-19)12-20(25-28)17-8-5-10-27(13-17)22(29)16-6-3-4-7-16/h12,15-17,25H,3-11,13-14H2,1-2H3/t17-/m1/s1. The van der Waals surface area contributed by atoms with Crippen molar-refractivity contribution in [2.45, 2.75) is 77.3 Å². The van der Waals surface area contributed by atoms with E-state index in [-0.39, 0.29) is 17.4 Å². The van der Waals surface area contributed by atoms with Crippen LogP contribution in [0.2, 0.25) is 0 Å². The number of aromatic nitrogens is 3. The first-order chi connectivity index (χ1) is 14.5. The van der Waals surface area contributed by atoms with Crippen LogP contribution in [0.15, 0.2) is 10.9 Å². The van der Waals surface area contributed by atoms with Crippen LogP contribution in [0.25, 0.3) is 5.65 Å². The third-order valence-electron chi connectivity index (χ3n) is 7.42. The second-order valence-corrected chi connectivity index (χ2v) is 9.67. The number of nitrogens with one attached hydrogen (secondary N) is 1. The highest BCUT2D eigenvalue weighted by Crippen LogP contribution is 2.31. The van der Waals surface area contributed by atoms with Gasteiger partial charge in [-0.15, -0.1) is 0 Å². The number of nitrogens with zero attached hydrogens (tertiary/aromatic N) is 4. The molecule has 7 nitrogen and oxygen atoms in total. The second-order valence-electron chi connectivity index (χ2n) is 9.67. The average molecular weight is 412 g/mol. The molecular weight excluding hydrogens is 378 g/mol. The van der Waals surface area contributed by atoms with Crippen molar-refractivity contribution in [3.63, 3.8) is 0 Å². The Balaban J connectivity index is 1.40. The molecule has 0 aromatic carbocycles. The minimum absolute atomic E-state index is 0.0290. The normalized spacial score (nSPS) is 23.4. The highest BCUT2D eigenvalue weighted by atomic mass is 16.2. The van der Waals surface area contributed by atoms with Gasteiger partial charge in [-0.3, -0.25) is 19.6 Å². The number of piperidine rings is 1. The quantitative estimate of drug-likeness (QED) is 0.843. The van der Waals surface area contributed by atoms with Crippen LogP contribution in [0.4, 0.5) is 0 Å². The van der Waals surface area contributed by atoms with Crippen LogP contribution >= 0.6 is 0 Å². The fourth-order valence-electron chi connectivity index (χ4n) is 5.53. The number of carbonyl (C=O) groups is 1. The van der Waals surface area contributed by atoms with Crippen LogP contribution in [0, 0.1) is 5.92 Å². The molecule has 1 atom stereocenters. The van der Waals surface area contributed by atoms with Gasteiger partial charge in [-0.1, -0.05) is 12.8 Å². The van der Waals surface area contributed by atoms with Gasteiger partial charge in [0, 0.05) is 62.2 Å². The largest absolute Gasteiger partial charge is 0.342 e. The van der Waals surface area contributed by atoms with Crippen molar-refractivity contribution < 1.29 is 4.79 Å². The van der Waals surface area contributed by atoms with Crippen LogP contribution in [0.1, 0.15) is 75.2 Å². The van der Waals surface area contributed by atoms with E-state index < -0.39 is 0 Å². The molecule has 2 aliphatic heterocycles. The van der Waals surface area contributed by atoms with Gasteiger partial charge in [0.05, 0.1) is 11.3 Å². The first-order valence-electron chi connectivity index (χ1n) is 11.7. The van der Waals surface area contributed by atoms with Crippen molar-refractivity contribution in [3.05, 3.63) is 33.4 Å². The number of carbonyl (C=O) groups excluding carboxylic acids is 1. The Kier molecular flexibility index (Phi) is 5.17. The zero-order valence-corrected chi connectivity index (χ0v) is 18.2. The first-order valence-corrected chi connectivity index (χ1v) is 11.7. The summed E-state index contributed by atoms with van der Waals surface area (Å²) in [5.74, 6) is 0.814. The van der Waals surface area contributed by atoms with E-state index in [1.165, 1.54) is 12.8 Å². The summed E-state index contributed by atoms with van der Waals surface area (Å²) in [7, 11) is 0. The lowest BCUT2D eigenvalue weighted by Crippen LogP contribution is -2.42. The zero-order chi connectivity index (χ0) is 20.8. The summed E-state index contributed by atoms with van der Waals surface area (Å²) >= 11 is 0. The number of H-pyrrole nitrogens is 1. The van der Waals surface area contributed by atoms with Crippen LogP contribution in [-0.2, 0) is 17.8 Å². The molecule has 162 valence electrons. The van der Waals surface area contributed by atoms with E-state index >= 15 is 0 Å². The lowest BCUT2D eigenvalue weighted by molar-refractivity contribution is -0.136. The highest BCUT2D eigenvalue weighted by molar-refractivity contribution is 5.79. The van der Waals surface area contributed by atoms with Gasteiger partial charge in [0.25, 0.3) is 5.56 Å². The molecule has 30 heavy (non-hydrogen) atoms. The van der Waals surface area contributed by atoms with E-state index in [9.17, 15) is 9.59 Å². The topological polar surface area (TPSA) is 73.7 Å². The van der Waals surface area contributed by atoms with Crippen molar-refractivity contribution in [3.8, 4) is 0 Å². The molecule has 1 N–H and O–H groups in total. The van der Waals surface area contributed by atoms with Crippen molar-refractivity contribution in [2.75, 3.05) is 19.6 Å². The molecule has 1 saturated carbocycles. The van der Waals surface area contributed by atoms with Crippen molar-refractivity contribution in [2.24, 2.45) is 5.92 Å². The average Bonchev–Trinajstić information content (AvgIpc) is 3.43. The van der Waals surface area contributed by atoms with Crippen LogP contribution < -0.4 is 5.56 Å². The molecular formula is C23H33N5O2. The molecule has 0 unspecified atom stereocenters. The number of fused-ring (bicyclic) bond motifs is 2. The molecule has 7 heteroatoms. The molecule has 5 rings (SSSR count). The molecule has 1 amide bonds. The molecule has 0 spiro atoms. The minimum Gasteiger partial charge on any atom is -0.342 e. The maximum absolute atomic E-state index is 13.2. The number of hydrogen-bond acceptors (Lipinski definition) is 4. The monoisotopic (exact) mass is 411 g/mol. The fourth-order valence-corrected chi connectivity index (χ4v) is 5.53. The Hall–Kier alpha value is -2.15. The van der Waals surface area contributed by atoms with Gasteiger partial charge < -0.3 is 4.90 Å². The molecule has 3 aliphatic rings. The van der Waals surface area contributed by atoms with E-state index in [1.807, 2.05) is 6.07 Å². The van der Waals surface area contributed by atoms with E-state index in [2.05, 4.69) is 28.7 Å². The molecule has 2 aromatic rings. The number of rotatable bonds is 3. The predicted molar refractivity (Wildman–Crippen MR) is 116 cm³/mol. The molecule has 0 bridgehead atoms. The summed E-state index contributed by atoms with van der Waals surface area (Å²) in [5.41, 5.74) is 3.55. The zero-order valence-electron chi connectivity index (χ0n) is 18.2. The van der Waals surface area contributed by atoms with Crippen molar-refractivity contribution in [1.29, 1.82) is 0 Å². The van der Waals surface area contributed by atoms with E-state index in [4.69, 9.17) is 4.98 Å². The van der Waals surface area contributed by atoms with E-state index in [0.29, 0.717) is 24.1 Å². The highest BCUT2D eigenvalue weighted by Gasteiger charge is 2.32. The van der Waals surface area contributed by atoms with Gasteiger partial charge in [-0.05, 0) is 39.5 Å². The summed E-state index contributed by atoms with van der Waals surface area (Å²) < 4.78 is 1.62. The van der Waals surface area contributed by atoms with Crippen molar-refractivity contribution >= 4 is 11.6 Å². The summed E-state index contributed by atoms with van der Waals surface area (Å²) in [6.45, 7) is 7.57. The second kappa shape index (κ2) is 7.84. The number of hydrogen-bond donors (Lipinski definition) is 1. The third kappa shape index (κ3) is 3.47. The summed E-state index contributed by atoms with van der Waals surface area (Å²) in [4.78, 5) is 35.3. The molecule has 4 heterocycles. The summed E-state index contributed by atoms with van der Waals surface area (Å²) in [6, 6.07) is 2.45. The Morgan fingerprint density at radius 2 is 1.97 bits per heavy atom. The fraction of sp³-hybridized carbons (Fsp3) is 0.696. The van der Waals surface area contributed by atoms with Crippen molar-refractivity contribution in [1.82, 2.24) is 24.4 Å². The number of amides is 1. The van der Waals surface area contributed by atoms with Crippen LogP contribution in [-0.4, -0.2) is 56.0 Å². The van der Waals surface area contributed by atoms with Gasteiger partial charge in [0.2, 0.25) is 5.91 Å². The van der Waals surface area contributed by atoms with Gasteiger partial charge in [0.15, 0.2) is 5.65 Å². The predicted octanol–water partition coefficient (Wildman–Crippen LogP) is 2.69. The number of aromatic amines is 1. The van der Waals surface area contributed by atoms with E-state index in [0.717, 1.165) is 68.7 Å². The molecule has 2 aromatic heterocycles. The smallest absolute Gasteiger partial charge is 0.277 e. The van der Waals surface area contributed by atoms with E-state index in [1.54, 1.807) is 4.52 Å². The lowest BCUT2D eigenvalue weighted by Gasteiger charge is -2.34.